The van der Waals surface area contributed by atoms with E-state index in [1.54, 1.807) is 0 Å². The SMILES string of the molecule is CCC=C[C@@H]1CC[C@H]2c3cc(F)cc(F)c3CC[C@@H]2[C@H]1c1cc(F)cc(F)c1. The van der Waals surface area contributed by atoms with E-state index in [9.17, 15) is 17.6 Å². The van der Waals surface area contributed by atoms with Crippen LogP contribution in [-0.4, -0.2) is 0 Å². The molecule has 0 saturated heterocycles. The third-order valence-electron chi connectivity index (χ3n) is 6.46. The lowest BCUT2D eigenvalue weighted by Gasteiger charge is -2.46. The van der Waals surface area contributed by atoms with Gasteiger partial charge in [-0.15, -0.1) is 0 Å². The van der Waals surface area contributed by atoms with E-state index in [1.165, 1.54) is 18.2 Å². The predicted molar refractivity (Wildman–Crippen MR) is 102 cm³/mol. The Kier molecular flexibility index (Phi) is 5.31. The van der Waals surface area contributed by atoms with Crippen LogP contribution in [0.3, 0.4) is 0 Å². The van der Waals surface area contributed by atoms with Crippen molar-refractivity contribution in [3.63, 3.8) is 0 Å². The number of fused-ring (bicyclic) bond motifs is 3. The van der Waals surface area contributed by atoms with Gasteiger partial charge in [0.15, 0.2) is 0 Å². The molecule has 2 aromatic rings. The molecule has 2 aliphatic rings. The van der Waals surface area contributed by atoms with Gasteiger partial charge in [-0.2, -0.15) is 0 Å². The Morgan fingerprint density at radius 3 is 2.32 bits per heavy atom. The van der Waals surface area contributed by atoms with E-state index < -0.39 is 23.3 Å². The molecular formula is C24H24F4. The van der Waals surface area contributed by atoms with Crippen LogP contribution >= 0.6 is 0 Å². The predicted octanol–water partition coefficient (Wildman–Crippen LogP) is 7.05. The summed E-state index contributed by atoms with van der Waals surface area (Å²) in [6.07, 6.45) is 8.08. The maximum Gasteiger partial charge on any atom is 0.129 e. The first-order valence-electron chi connectivity index (χ1n) is 10.1. The Hall–Kier alpha value is -2.10. The van der Waals surface area contributed by atoms with E-state index in [-0.39, 0.29) is 23.7 Å². The molecule has 148 valence electrons. The van der Waals surface area contributed by atoms with E-state index in [1.807, 2.05) is 0 Å². The second kappa shape index (κ2) is 7.73. The molecule has 4 atom stereocenters. The van der Waals surface area contributed by atoms with Crippen molar-refractivity contribution >= 4 is 0 Å². The first-order chi connectivity index (χ1) is 13.5. The van der Waals surface area contributed by atoms with Gasteiger partial charge in [0.25, 0.3) is 0 Å². The molecule has 0 amide bonds. The van der Waals surface area contributed by atoms with Gasteiger partial charge in [-0.3, -0.25) is 0 Å². The molecule has 0 unspecified atom stereocenters. The van der Waals surface area contributed by atoms with Gasteiger partial charge in [-0.25, -0.2) is 17.6 Å². The zero-order chi connectivity index (χ0) is 19.8. The van der Waals surface area contributed by atoms with Crippen LogP contribution in [0.25, 0.3) is 0 Å². The highest BCUT2D eigenvalue weighted by molar-refractivity contribution is 5.38. The van der Waals surface area contributed by atoms with Crippen LogP contribution in [0.2, 0.25) is 0 Å². The summed E-state index contributed by atoms with van der Waals surface area (Å²) in [5.74, 6) is -1.97. The van der Waals surface area contributed by atoms with Gasteiger partial charge in [0.2, 0.25) is 0 Å². The van der Waals surface area contributed by atoms with Crippen LogP contribution in [0.4, 0.5) is 17.6 Å². The third-order valence-corrected chi connectivity index (χ3v) is 6.46. The number of halogens is 4. The summed E-state index contributed by atoms with van der Waals surface area (Å²) in [5, 5.41) is 0. The Balaban J connectivity index is 1.79. The van der Waals surface area contributed by atoms with E-state index in [4.69, 9.17) is 0 Å². The number of hydrogen-bond donors (Lipinski definition) is 0. The van der Waals surface area contributed by atoms with Gasteiger partial charge in [-0.05, 0) is 90.7 Å². The summed E-state index contributed by atoms with van der Waals surface area (Å²) in [6, 6.07) is 6.14. The van der Waals surface area contributed by atoms with Crippen molar-refractivity contribution in [1.82, 2.24) is 0 Å². The van der Waals surface area contributed by atoms with Gasteiger partial charge in [-0.1, -0.05) is 19.1 Å². The molecule has 0 N–H and O–H groups in total. The van der Waals surface area contributed by atoms with Gasteiger partial charge in [0.05, 0.1) is 0 Å². The molecule has 4 heteroatoms. The quantitative estimate of drug-likeness (QED) is 0.390. The molecule has 0 aromatic heterocycles. The summed E-state index contributed by atoms with van der Waals surface area (Å²) in [7, 11) is 0. The smallest absolute Gasteiger partial charge is 0.129 e. The number of rotatable bonds is 3. The summed E-state index contributed by atoms with van der Waals surface area (Å²) >= 11 is 0. The molecule has 0 spiro atoms. The normalized spacial score (nSPS) is 26.9. The molecule has 2 aromatic carbocycles. The molecule has 0 nitrogen and oxygen atoms in total. The fraction of sp³-hybridized carbons (Fsp3) is 0.417. The number of benzene rings is 2. The molecular weight excluding hydrogens is 364 g/mol. The molecule has 28 heavy (non-hydrogen) atoms. The monoisotopic (exact) mass is 388 g/mol. The van der Waals surface area contributed by atoms with Gasteiger partial charge >= 0.3 is 0 Å². The van der Waals surface area contributed by atoms with Crippen molar-refractivity contribution in [2.45, 2.75) is 50.9 Å². The van der Waals surface area contributed by atoms with Crippen LogP contribution in [0.1, 0.15) is 61.1 Å². The van der Waals surface area contributed by atoms with Crippen LogP contribution in [0, 0.1) is 35.1 Å². The Bertz CT molecular complexity index is 881. The Labute approximate surface area is 163 Å². The highest BCUT2D eigenvalue weighted by Gasteiger charge is 2.43. The van der Waals surface area contributed by atoms with Crippen LogP contribution in [0.5, 0.6) is 0 Å². The van der Waals surface area contributed by atoms with Crippen molar-refractivity contribution < 1.29 is 17.6 Å². The van der Waals surface area contributed by atoms with Gasteiger partial charge in [0, 0.05) is 12.1 Å². The zero-order valence-electron chi connectivity index (χ0n) is 15.9. The van der Waals surface area contributed by atoms with Crippen molar-refractivity contribution in [2.24, 2.45) is 11.8 Å². The minimum absolute atomic E-state index is 0.0107. The molecule has 0 radical (unpaired) electrons. The lowest BCUT2D eigenvalue weighted by Crippen LogP contribution is -2.35. The first kappa shape index (κ1) is 19.2. The minimum atomic E-state index is -0.580. The average molecular weight is 388 g/mol. The summed E-state index contributed by atoms with van der Waals surface area (Å²) in [6.45, 7) is 2.06. The topological polar surface area (TPSA) is 0 Å². The standard InChI is InChI=1S/C24H24F4/c1-2-3-4-14-5-6-19-21(24(14)15-9-16(25)11-17(26)10-15)8-7-20-22(19)12-18(27)13-23(20)28/h3-4,9-14,19,21,24H,2,5-8H2,1H3/t14-,19-,21+,24-/m1/s1. The average Bonchev–Trinajstić information content (AvgIpc) is 2.64. The fourth-order valence-corrected chi connectivity index (χ4v) is 5.42. The highest BCUT2D eigenvalue weighted by atomic mass is 19.1. The van der Waals surface area contributed by atoms with Crippen molar-refractivity contribution in [1.29, 1.82) is 0 Å². The van der Waals surface area contributed by atoms with E-state index in [0.29, 0.717) is 17.5 Å². The van der Waals surface area contributed by atoms with Crippen LogP contribution in [-0.2, 0) is 6.42 Å². The molecule has 1 fully saturated rings. The molecule has 0 bridgehead atoms. The van der Waals surface area contributed by atoms with Crippen molar-refractivity contribution in [2.75, 3.05) is 0 Å². The lowest BCUT2D eigenvalue weighted by atomic mass is 9.58. The van der Waals surface area contributed by atoms with Crippen LogP contribution in [0.15, 0.2) is 42.5 Å². The Morgan fingerprint density at radius 1 is 0.893 bits per heavy atom. The van der Waals surface area contributed by atoms with Crippen LogP contribution < -0.4 is 0 Å². The number of allylic oxidation sites excluding steroid dienone is 2. The van der Waals surface area contributed by atoms with E-state index in [0.717, 1.165) is 43.4 Å². The van der Waals surface area contributed by atoms with E-state index >= 15 is 0 Å². The van der Waals surface area contributed by atoms with E-state index in [2.05, 4.69) is 19.1 Å². The third kappa shape index (κ3) is 3.49. The zero-order valence-corrected chi connectivity index (χ0v) is 15.9. The van der Waals surface area contributed by atoms with Crippen molar-refractivity contribution in [3.05, 3.63) is 82.4 Å². The largest absolute Gasteiger partial charge is 0.207 e. The maximum atomic E-state index is 14.3. The minimum Gasteiger partial charge on any atom is -0.207 e. The molecule has 4 rings (SSSR count). The molecule has 1 saturated carbocycles. The number of hydrogen-bond acceptors (Lipinski definition) is 0. The summed E-state index contributed by atoms with van der Waals surface area (Å²) < 4.78 is 56.2. The molecule has 2 aliphatic carbocycles. The lowest BCUT2D eigenvalue weighted by molar-refractivity contribution is 0.193. The summed E-state index contributed by atoms with van der Waals surface area (Å²) in [4.78, 5) is 0. The summed E-state index contributed by atoms with van der Waals surface area (Å²) in [5.41, 5.74) is 2.00. The molecule has 0 heterocycles. The second-order valence-corrected chi connectivity index (χ2v) is 8.07. The second-order valence-electron chi connectivity index (χ2n) is 8.07. The highest BCUT2D eigenvalue weighted by Crippen LogP contribution is 2.54. The van der Waals surface area contributed by atoms with Gasteiger partial charge < -0.3 is 0 Å². The van der Waals surface area contributed by atoms with Gasteiger partial charge in [0.1, 0.15) is 23.3 Å². The fourth-order valence-electron chi connectivity index (χ4n) is 5.42. The molecule has 0 aliphatic heterocycles. The Morgan fingerprint density at radius 2 is 1.61 bits per heavy atom. The van der Waals surface area contributed by atoms with Crippen molar-refractivity contribution in [3.8, 4) is 0 Å². The maximum absolute atomic E-state index is 14.3. The first-order valence-corrected chi connectivity index (χ1v) is 10.1.